The van der Waals surface area contributed by atoms with Crippen molar-refractivity contribution in [1.29, 1.82) is 0 Å². The first-order chi connectivity index (χ1) is 10.2. The van der Waals surface area contributed by atoms with Crippen molar-refractivity contribution in [3.05, 3.63) is 58.9 Å². The molecule has 3 aromatic rings. The molecule has 21 heavy (non-hydrogen) atoms. The first kappa shape index (κ1) is 13.3. The first-order valence-electron chi connectivity index (χ1n) is 6.21. The van der Waals surface area contributed by atoms with E-state index in [0.29, 0.717) is 12.1 Å². The van der Waals surface area contributed by atoms with Crippen LogP contribution in [0.5, 0.6) is 0 Å². The fraction of sp³-hybridized carbons (Fsp3) is 0.0714. The lowest BCUT2D eigenvalue weighted by Gasteiger charge is -2.06. The molecule has 0 amide bonds. The van der Waals surface area contributed by atoms with Crippen molar-refractivity contribution < 1.29 is 9.90 Å². The minimum atomic E-state index is -0.899. The Morgan fingerprint density at radius 3 is 2.95 bits per heavy atom. The fourth-order valence-corrected chi connectivity index (χ4v) is 2.61. The topological polar surface area (TPSA) is 80.0 Å². The van der Waals surface area contributed by atoms with Gasteiger partial charge in [-0.05, 0) is 18.2 Å². The average Bonchev–Trinajstić information content (AvgIpc) is 3.17. The van der Waals surface area contributed by atoms with Gasteiger partial charge >= 0.3 is 5.97 Å². The van der Waals surface area contributed by atoms with Crippen LogP contribution in [0.2, 0.25) is 0 Å². The number of aromatic nitrogens is 3. The molecule has 0 unspecified atom stereocenters. The van der Waals surface area contributed by atoms with Crippen molar-refractivity contribution in [2.45, 2.75) is 6.54 Å². The number of imidazole rings is 1. The Morgan fingerprint density at radius 1 is 1.43 bits per heavy atom. The number of carboxylic acid groups (broad SMARTS) is 1. The Balaban J connectivity index is 1.64. The van der Waals surface area contributed by atoms with Crippen molar-refractivity contribution in [3.63, 3.8) is 0 Å². The van der Waals surface area contributed by atoms with E-state index in [-0.39, 0.29) is 0 Å². The molecule has 6 nitrogen and oxygen atoms in total. The van der Waals surface area contributed by atoms with E-state index in [1.807, 2.05) is 22.9 Å². The third-order valence-electron chi connectivity index (χ3n) is 2.88. The van der Waals surface area contributed by atoms with Crippen LogP contribution in [0.15, 0.2) is 48.5 Å². The van der Waals surface area contributed by atoms with E-state index in [1.54, 1.807) is 30.2 Å². The number of aromatic carboxylic acids is 1. The van der Waals surface area contributed by atoms with Crippen molar-refractivity contribution in [1.82, 2.24) is 14.5 Å². The van der Waals surface area contributed by atoms with Gasteiger partial charge in [0, 0.05) is 29.2 Å². The molecular formula is C14H12N4O2S. The van der Waals surface area contributed by atoms with Gasteiger partial charge in [-0.15, -0.1) is 11.3 Å². The van der Waals surface area contributed by atoms with Crippen molar-refractivity contribution in [2.24, 2.45) is 0 Å². The predicted octanol–water partition coefficient (Wildman–Crippen LogP) is 2.64. The molecule has 106 valence electrons. The molecule has 0 radical (unpaired) electrons. The van der Waals surface area contributed by atoms with Crippen molar-refractivity contribution in [2.75, 3.05) is 5.32 Å². The fourth-order valence-electron chi connectivity index (χ4n) is 1.81. The normalized spacial score (nSPS) is 10.5. The zero-order chi connectivity index (χ0) is 14.7. The van der Waals surface area contributed by atoms with E-state index in [0.717, 1.165) is 16.4 Å². The van der Waals surface area contributed by atoms with Gasteiger partial charge in [0.2, 0.25) is 0 Å². The highest BCUT2D eigenvalue weighted by molar-refractivity contribution is 7.10. The number of hydrogen-bond donors (Lipinski definition) is 2. The number of pyridine rings is 1. The van der Waals surface area contributed by atoms with Crippen LogP contribution in [0.4, 0.5) is 5.69 Å². The molecular weight excluding hydrogens is 288 g/mol. The molecule has 0 bridgehead atoms. The van der Waals surface area contributed by atoms with E-state index in [2.05, 4.69) is 15.3 Å². The van der Waals surface area contributed by atoms with Gasteiger partial charge in [-0.3, -0.25) is 4.57 Å². The van der Waals surface area contributed by atoms with Crippen LogP contribution in [0.1, 0.15) is 15.2 Å². The van der Waals surface area contributed by atoms with Gasteiger partial charge in [-0.1, -0.05) is 0 Å². The van der Waals surface area contributed by atoms with Gasteiger partial charge in [0.05, 0.1) is 17.4 Å². The minimum Gasteiger partial charge on any atom is -0.478 e. The Labute approximate surface area is 124 Å². The highest BCUT2D eigenvalue weighted by atomic mass is 32.1. The van der Waals surface area contributed by atoms with E-state index in [9.17, 15) is 4.79 Å². The summed E-state index contributed by atoms with van der Waals surface area (Å²) < 4.78 is 1.82. The zero-order valence-corrected chi connectivity index (χ0v) is 11.7. The largest absolute Gasteiger partial charge is 0.478 e. The van der Waals surface area contributed by atoms with Crippen LogP contribution in [0.25, 0.3) is 5.82 Å². The lowest BCUT2D eigenvalue weighted by atomic mass is 10.3. The number of carboxylic acids is 1. The number of nitrogens with zero attached hydrogens (tertiary/aromatic N) is 3. The Kier molecular flexibility index (Phi) is 3.65. The summed E-state index contributed by atoms with van der Waals surface area (Å²) in [4.78, 5) is 20.1. The van der Waals surface area contributed by atoms with Crippen LogP contribution in [0, 0.1) is 0 Å². The molecule has 0 aliphatic carbocycles. The molecule has 7 heteroatoms. The number of hydrogen-bond acceptors (Lipinski definition) is 5. The predicted molar refractivity (Wildman–Crippen MR) is 80.0 cm³/mol. The zero-order valence-electron chi connectivity index (χ0n) is 10.9. The summed E-state index contributed by atoms with van der Waals surface area (Å²) in [6.07, 6.45) is 6.95. The van der Waals surface area contributed by atoms with Crippen LogP contribution < -0.4 is 5.32 Å². The van der Waals surface area contributed by atoms with Gasteiger partial charge in [-0.25, -0.2) is 14.8 Å². The SMILES string of the molecule is O=C(O)c1csc(CNc2ccc(-n3ccnc3)nc2)c1. The van der Waals surface area contributed by atoms with E-state index < -0.39 is 5.97 Å². The second-order valence-corrected chi connectivity index (χ2v) is 5.33. The minimum absolute atomic E-state index is 0.324. The molecule has 0 atom stereocenters. The van der Waals surface area contributed by atoms with Crippen molar-refractivity contribution in [3.8, 4) is 5.82 Å². The quantitative estimate of drug-likeness (QED) is 0.757. The molecule has 0 saturated carbocycles. The lowest BCUT2D eigenvalue weighted by Crippen LogP contribution is -2.00. The average molecular weight is 300 g/mol. The summed E-state index contributed by atoms with van der Waals surface area (Å²) in [6.45, 7) is 0.573. The van der Waals surface area contributed by atoms with Crippen molar-refractivity contribution >= 4 is 23.0 Å². The number of thiophene rings is 1. The van der Waals surface area contributed by atoms with Gasteiger partial charge in [0.15, 0.2) is 0 Å². The highest BCUT2D eigenvalue weighted by Gasteiger charge is 2.06. The smallest absolute Gasteiger partial charge is 0.336 e. The van der Waals surface area contributed by atoms with E-state index in [4.69, 9.17) is 5.11 Å². The van der Waals surface area contributed by atoms with Crippen LogP contribution >= 0.6 is 11.3 Å². The molecule has 3 heterocycles. The maximum absolute atomic E-state index is 10.8. The maximum atomic E-state index is 10.8. The summed E-state index contributed by atoms with van der Waals surface area (Å²) in [7, 11) is 0. The molecule has 0 fully saturated rings. The maximum Gasteiger partial charge on any atom is 0.336 e. The second-order valence-electron chi connectivity index (χ2n) is 4.34. The molecule has 0 aromatic carbocycles. The molecule has 0 spiro atoms. The number of anilines is 1. The summed E-state index contributed by atoms with van der Waals surface area (Å²) in [6, 6.07) is 5.49. The van der Waals surface area contributed by atoms with E-state index in [1.165, 1.54) is 11.3 Å². The number of nitrogens with one attached hydrogen (secondary N) is 1. The van der Waals surface area contributed by atoms with Crippen LogP contribution in [-0.2, 0) is 6.54 Å². The summed E-state index contributed by atoms with van der Waals surface area (Å²) in [5.74, 6) is -0.105. The third kappa shape index (κ3) is 3.09. The molecule has 0 aliphatic rings. The number of carbonyl (C=O) groups is 1. The van der Waals surface area contributed by atoms with Crippen LogP contribution in [0.3, 0.4) is 0 Å². The van der Waals surface area contributed by atoms with Gasteiger partial charge in [0.1, 0.15) is 12.1 Å². The third-order valence-corrected chi connectivity index (χ3v) is 3.82. The van der Waals surface area contributed by atoms with Crippen LogP contribution in [-0.4, -0.2) is 25.6 Å². The summed E-state index contributed by atoms with van der Waals surface area (Å²) >= 11 is 1.42. The first-order valence-corrected chi connectivity index (χ1v) is 7.09. The monoisotopic (exact) mass is 300 g/mol. The second kappa shape index (κ2) is 5.76. The molecule has 3 aromatic heterocycles. The molecule has 0 aliphatic heterocycles. The number of rotatable bonds is 5. The van der Waals surface area contributed by atoms with Gasteiger partial charge in [-0.2, -0.15) is 0 Å². The Hall–Kier alpha value is -2.67. The molecule has 0 saturated heterocycles. The Bertz CT molecular complexity index is 735. The Morgan fingerprint density at radius 2 is 2.33 bits per heavy atom. The summed E-state index contributed by atoms with van der Waals surface area (Å²) in [5, 5.41) is 13.7. The standard InChI is InChI=1S/C14H12N4O2S/c19-14(20)10-5-12(21-8-10)7-16-11-1-2-13(17-6-11)18-4-3-15-9-18/h1-6,8-9,16H,7H2,(H,19,20). The molecule has 2 N–H and O–H groups in total. The van der Waals surface area contributed by atoms with E-state index >= 15 is 0 Å². The van der Waals surface area contributed by atoms with Gasteiger partial charge < -0.3 is 10.4 Å². The summed E-state index contributed by atoms with van der Waals surface area (Å²) in [5.41, 5.74) is 1.20. The molecule has 3 rings (SSSR count). The van der Waals surface area contributed by atoms with Gasteiger partial charge in [0.25, 0.3) is 0 Å². The highest BCUT2D eigenvalue weighted by Crippen LogP contribution is 2.17. The lowest BCUT2D eigenvalue weighted by molar-refractivity contribution is 0.0697.